The third kappa shape index (κ3) is 2.32. The van der Waals surface area contributed by atoms with Crippen LogP contribution in [0, 0.1) is 3.57 Å². The van der Waals surface area contributed by atoms with Crippen LogP contribution in [0.2, 0.25) is 0 Å². The number of hydrogen-bond acceptors (Lipinski definition) is 2. The van der Waals surface area contributed by atoms with E-state index in [1.807, 2.05) is 18.2 Å². The van der Waals surface area contributed by atoms with Crippen LogP contribution in [0.15, 0.2) is 47.2 Å². The van der Waals surface area contributed by atoms with Gasteiger partial charge in [0.25, 0.3) is 0 Å². The molecule has 0 N–H and O–H groups in total. The summed E-state index contributed by atoms with van der Waals surface area (Å²) >= 11 is 5.56. The second kappa shape index (κ2) is 5.05. The van der Waals surface area contributed by atoms with Gasteiger partial charge in [-0.2, -0.15) is 0 Å². The molecule has 4 heteroatoms. The molecule has 0 atom stereocenters. The maximum Gasteiger partial charge on any atom is 0.196 e. The third-order valence-electron chi connectivity index (χ3n) is 2.11. The third-order valence-corrected chi connectivity index (χ3v) is 3.67. The molecule has 1 aromatic carbocycles. The molecule has 16 heavy (non-hydrogen) atoms. The first-order valence-corrected chi connectivity index (χ1v) is 6.46. The molecule has 0 bridgehead atoms. The molecule has 80 valence electrons. The van der Waals surface area contributed by atoms with Gasteiger partial charge in [0.05, 0.1) is 5.56 Å². The van der Waals surface area contributed by atoms with E-state index in [0.717, 1.165) is 8.04 Å². The normalized spacial score (nSPS) is 10.1. The number of nitrogens with zero attached hydrogens (tertiary/aromatic N) is 1. The second-order valence-electron chi connectivity index (χ2n) is 3.17. The number of hydrogen-bond donors (Lipinski definition) is 0. The molecule has 2 aromatic rings. The Bertz CT molecular complexity index is 508. The molecule has 0 saturated heterocycles. The minimum Gasteiger partial charge on any atom is -0.288 e. The topological polar surface area (TPSA) is 30.0 Å². The Morgan fingerprint density at radius 2 is 2.06 bits per heavy atom. The van der Waals surface area contributed by atoms with Gasteiger partial charge in [0.2, 0.25) is 0 Å². The first-order chi connectivity index (χ1) is 7.70. The number of carbonyl (C=O) groups excluding carboxylic acids is 1. The highest BCUT2D eigenvalue weighted by molar-refractivity contribution is 14.1. The van der Waals surface area contributed by atoms with Gasteiger partial charge >= 0.3 is 0 Å². The molecule has 1 aromatic heterocycles. The summed E-state index contributed by atoms with van der Waals surface area (Å²) in [6.07, 6.45) is 3.24. The number of benzene rings is 1. The minimum absolute atomic E-state index is 0.00928. The maximum absolute atomic E-state index is 12.2. The lowest BCUT2D eigenvalue weighted by molar-refractivity contribution is 0.103. The Labute approximate surface area is 115 Å². The molecule has 0 fully saturated rings. The van der Waals surface area contributed by atoms with Crippen LogP contribution in [0.3, 0.4) is 0 Å². The van der Waals surface area contributed by atoms with Crippen molar-refractivity contribution in [1.82, 2.24) is 4.98 Å². The van der Waals surface area contributed by atoms with Gasteiger partial charge in [0, 0.05) is 26.0 Å². The molecule has 0 amide bonds. The fourth-order valence-electron chi connectivity index (χ4n) is 1.36. The van der Waals surface area contributed by atoms with Crippen LogP contribution in [-0.2, 0) is 0 Å². The smallest absolute Gasteiger partial charge is 0.196 e. The highest BCUT2D eigenvalue weighted by Gasteiger charge is 2.15. The Hall–Kier alpha value is -0.750. The first kappa shape index (κ1) is 11.7. The Kier molecular flexibility index (Phi) is 3.70. The molecule has 0 aliphatic carbocycles. The van der Waals surface area contributed by atoms with Crippen LogP contribution < -0.4 is 0 Å². The van der Waals surface area contributed by atoms with Crippen LogP contribution in [0.4, 0.5) is 0 Å². The predicted molar refractivity (Wildman–Crippen MR) is 74.5 cm³/mol. The quantitative estimate of drug-likeness (QED) is 0.581. The zero-order valence-corrected chi connectivity index (χ0v) is 11.9. The highest BCUT2D eigenvalue weighted by atomic mass is 127. The summed E-state index contributed by atoms with van der Waals surface area (Å²) in [6.45, 7) is 0. The highest BCUT2D eigenvalue weighted by Crippen LogP contribution is 2.24. The minimum atomic E-state index is -0.00928. The number of carbonyl (C=O) groups is 1. The lowest BCUT2D eigenvalue weighted by Crippen LogP contribution is -2.05. The fraction of sp³-hybridized carbons (Fsp3) is 0. The predicted octanol–water partition coefficient (Wildman–Crippen LogP) is 3.68. The lowest BCUT2D eigenvalue weighted by atomic mass is 10.1. The first-order valence-electron chi connectivity index (χ1n) is 4.59. The molecule has 2 rings (SSSR count). The van der Waals surface area contributed by atoms with Crippen LogP contribution in [0.1, 0.15) is 15.9 Å². The van der Waals surface area contributed by atoms with E-state index in [4.69, 9.17) is 0 Å². The molecule has 0 unspecified atom stereocenters. The molecular formula is C12H7BrINO. The van der Waals surface area contributed by atoms with Crippen LogP contribution in [0.25, 0.3) is 0 Å². The van der Waals surface area contributed by atoms with E-state index in [1.54, 1.807) is 24.5 Å². The van der Waals surface area contributed by atoms with E-state index >= 15 is 0 Å². The number of pyridine rings is 1. The van der Waals surface area contributed by atoms with Crippen LogP contribution in [0.5, 0.6) is 0 Å². The average molecular weight is 388 g/mol. The zero-order chi connectivity index (χ0) is 11.5. The van der Waals surface area contributed by atoms with Crippen molar-refractivity contribution in [3.63, 3.8) is 0 Å². The fourth-order valence-corrected chi connectivity index (χ4v) is 3.02. The van der Waals surface area contributed by atoms with Crippen molar-refractivity contribution in [3.05, 3.63) is 61.9 Å². The number of aromatic nitrogens is 1. The van der Waals surface area contributed by atoms with Crippen molar-refractivity contribution in [2.75, 3.05) is 0 Å². The van der Waals surface area contributed by atoms with Gasteiger partial charge in [0.15, 0.2) is 5.78 Å². The number of rotatable bonds is 2. The van der Waals surface area contributed by atoms with E-state index in [9.17, 15) is 4.79 Å². The zero-order valence-electron chi connectivity index (χ0n) is 8.15. The molecule has 0 radical (unpaired) electrons. The van der Waals surface area contributed by atoms with E-state index in [0.29, 0.717) is 11.1 Å². The van der Waals surface area contributed by atoms with Gasteiger partial charge in [-0.25, -0.2) is 0 Å². The second-order valence-corrected chi connectivity index (χ2v) is 5.18. The number of ketones is 1. The summed E-state index contributed by atoms with van der Waals surface area (Å²) < 4.78 is 1.74. The SMILES string of the molecule is O=C(c1cccnc1)c1c(Br)cccc1I. The maximum atomic E-state index is 12.2. The van der Waals surface area contributed by atoms with Gasteiger partial charge in [0.1, 0.15) is 0 Å². The van der Waals surface area contributed by atoms with Gasteiger partial charge in [-0.1, -0.05) is 6.07 Å². The summed E-state index contributed by atoms with van der Waals surface area (Å²) in [5.41, 5.74) is 1.29. The Balaban J connectivity index is 2.50. The average Bonchev–Trinajstić information content (AvgIpc) is 2.30. The van der Waals surface area contributed by atoms with Gasteiger partial charge in [-0.15, -0.1) is 0 Å². The lowest BCUT2D eigenvalue weighted by Gasteiger charge is -2.05. The summed E-state index contributed by atoms with van der Waals surface area (Å²) in [5.74, 6) is -0.00928. The Morgan fingerprint density at radius 1 is 1.25 bits per heavy atom. The summed E-state index contributed by atoms with van der Waals surface area (Å²) in [4.78, 5) is 16.2. The number of halogens is 2. The van der Waals surface area contributed by atoms with Crippen LogP contribution >= 0.6 is 38.5 Å². The molecule has 2 nitrogen and oxygen atoms in total. The van der Waals surface area contributed by atoms with Crippen molar-refractivity contribution >= 4 is 44.3 Å². The summed E-state index contributed by atoms with van der Waals surface area (Å²) in [7, 11) is 0. The van der Waals surface area contributed by atoms with Crippen molar-refractivity contribution in [1.29, 1.82) is 0 Å². The van der Waals surface area contributed by atoms with Gasteiger partial charge in [-0.05, 0) is 62.8 Å². The van der Waals surface area contributed by atoms with Crippen molar-refractivity contribution < 1.29 is 4.79 Å². The van der Waals surface area contributed by atoms with Crippen molar-refractivity contribution in [2.45, 2.75) is 0 Å². The summed E-state index contributed by atoms with van der Waals surface area (Å²) in [6, 6.07) is 9.22. The van der Waals surface area contributed by atoms with E-state index in [1.165, 1.54) is 0 Å². The molecular weight excluding hydrogens is 381 g/mol. The molecule has 0 aliphatic heterocycles. The molecule has 0 aliphatic rings. The summed E-state index contributed by atoms with van der Waals surface area (Å²) in [5, 5.41) is 0. The van der Waals surface area contributed by atoms with Crippen molar-refractivity contribution in [3.8, 4) is 0 Å². The molecule has 0 saturated carbocycles. The monoisotopic (exact) mass is 387 g/mol. The van der Waals surface area contributed by atoms with Crippen LogP contribution in [-0.4, -0.2) is 10.8 Å². The van der Waals surface area contributed by atoms with E-state index in [-0.39, 0.29) is 5.78 Å². The van der Waals surface area contributed by atoms with Gasteiger partial charge < -0.3 is 0 Å². The van der Waals surface area contributed by atoms with E-state index in [2.05, 4.69) is 43.5 Å². The largest absolute Gasteiger partial charge is 0.288 e. The van der Waals surface area contributed by atoms with E-state index < -0.39 is 0 Å². The van der Waals surface area contributed by atoms with Crippen molar-refractivity contribution in [2.24, 2.45) is 0 Å². The molecule has 0 spiro atoms. The Morgan fingerprint density at radius 3 is 2.69 bits per heavy atom. The van der Waals surface area contributed by atoms with Gasteiger partial charge in [-0.3, -0.25) is 9.78 Å². The standard InChI is InChI=1S/C12H7BrINO/c13-9-4-1-5-10(14)11(9)12(16)8-3-2-6-15-7-8/h1-7H. The molecule has 1 heterocycles.